The van der Waals surface area contributed by atoms with Crippen LogP contribution in [0.1, 0.15) is 109 Å². The summed E-state index contributed by atoms with van der Waals surface area (Å²) < 4.78 is 0. The molecule has 0 aliphatic heterocycles. The molecule has 3 heteroatoms. The number of rotatable bonds is 6. The highest BCUT2D eigenvalue weighted by Gasteiger charge is 2.46. The van der Waals surface area contributed by atoms with Crippen LogP contribution in [0.3, 0.4) is 0 Å². The largest absolute Gasteiger partial charge is 0.228 e. The van der Waals surface area contributed by atoms with Crippen molar-refractivity contribution in [1.29, 1.82) is 5.26 Å². The van der Waals surface area contributed by atoms with E-state index in [1.165, 1.54) is 75.3 Å². The molecule has 0 radical (unpaired) electrons. The van der Waals surface area contributed by atoms with Crippen molar-refractivity contribution in [3.05, 3.63) is 132 Å². The fraction of sp³-hybridized carbons (Fsp3) is 0.400. The molecule has 4 aliphatic carbocycles. The molecule has 4 fully saturated rings. The Hall–Kier alpha value is -5.07. The molecule has 4 aliphatic rings. The molecule has 3 nitrogen and oxygen atoms in total. The minimum atomic E-state index is 0.294. The van der Waals surface area contributed by atoms with Crippen molar-refractivity contribution < 1.29 is 0 Å². The monoisotopic (exact) mass is 759 g/mol. The Labute approximate surface area is 346 Å². The smallest absolute Gasteiger partial charge is 0.160 e. The summed E-state index contributed by atoms with van der Waals surface area (Å²) in [6, 6.07) is 44.5. The maximum absolute atomic E-state index is 9.76. The van der Waals surface area contributed by atoms with Gasteiger partial charge in [-0.1, -0.05) is 131 Å². The Balaban J connectivity index is 1.03. The molecule has 0 saturated heterocycles. The first-order valence-corrected chi connectivity index (χ1v) is 22.3. The second kappa shape index (κ2) is 14.6. The maximum Gasteiger partial charge on any atom is 0.160 e. The number of aromatic nitrogens is 2. The quantitative estimate of drug-likeness (QED) is 0.170. The Bertz CT molecular complexity index is 2360. The first-order chi connectivity index (χ1) is 28.2. The minimum Gasteiger partial charge on any atom is -0.228 e. The number of nitrogens with zero attached hydrogens (tertiary/aromatic N) is 3. The topological polar surface area (TPSA) is 49.6 Å². The van der Waals surface area contributed by atoms with E-state index in [4.69, 9.17) is 9.97 Å². The van der Waals surface area contributed by atoms with Gasteiger partial charge in [-0.2, -0.15) is 5.26 Å². The summed E-state index contributed by atoms with van der Waals surface area (Å²) in [6.07, 6.45) is 13.4. The van der Waals surface area contributed by atoms with Crippen LogP contribution in [0.15, 0.2) is 115 Å². The van der Waals surface area contributed by atoms with Crippen molar-refractivity contribution in [3.8, 4) is 51.1 Å². The highest BCUT2D eigenvalue weighted by molar-refractivity contribution is 5.99. The fourth-order valence-corrected chi connectivity index (χ4v) is 13.4. The molecular formula is C55H57N3. The molecular weight excluding hydrogens is 703 g/mol. The molecule has 10 rings (SSSR count). The summed E-state index contributed by atoms with van der Waals surface area (Å²) in [5, 5.41) is 11.8. The fourth-order valence-electron chi connectivity index (χ4n) is 13.4. The van der Waals surface area contributed by atoms with E-state index in [1.807, 2.05) is 24.3 Å². The molecule has 2 unspecified atom stereocenters. The predicted octanol–water partition coefficient (Wildman–Crippen LogP) is 14.4. The highest BCUT2D eigenvalue weighted by atomic mass is 14.9. The van der Waals surface area contributed by atoms with Crippen molar-refractivity contribution in [2.24, 2.45) is 35.5 Å². The lowest BCUT2D eigenvalue weighted by atomic mass is 9.54. The second-order valence-electron chi connectivity index (χ2n) is 19.9. The molecule has 1 aromatic heterocycles. The average molecular weight is 760 g/mol. The summed E-state index contributed by atoms with van der Waals surface area (Å²) >= 11 is 0. The zero-order chi connectivity index (χ0) is 39.6. The van der Waals surface area contributed by atoms with Crippen molar-refractivity contribution >= 4 is 10.8 Å². The van der Waals surface area contributed by atoms with Crippen molar-refractivity contribution in [2.75, 3.05) is 0 Å². The van der Waals surface area contributed by atoms with Gasteiger partial charge in [-0.25, -0.2) is 9.97 Å². The van der Waals surface area contributed by atoms with E-state index in [9.17, 15) is 5.26 Å². The molecule has 0 N–H and O–H groups in total. The second-order valence-corrected chi connectivity index (χ2v) is 19.9. The van der Waals surface area contributed by atoms with Crippen LogP contribution in [0.5, 0.6) is 0 Å². The molecule has 1 heterocycles. The Morgan fingerprint density at radius 3 is 1.40 bits per heavy atom. The SMILES string of the molecule is C[C@@H]1C[C@@H]2C[C@H](C)CC(c3ccc(-c4cc(-c5ccc(-c6ccc(C#N)c7ccccc67)cc5)nc(-c5ccc(C67C[C@H](C)C[C@H](C[C@H](C)C6)C7)cc5)n4)cc3)(C1)C2. The van der Waals surface area contributed by atoms with E-state index >= 15 is 0 Å². The van der Waals surface area contributed by atoms with Crippen LogP contribution in [0.4, 0.5) is 0 Å². The lowest BCUT2D eigenvalue weighted by Gasteiger charge is -2.50. The zero-order valence-corrected chi connectivity index (χ0v) is 34.8. The Kier molecular flexibility index (Phi) is 9.39. The molecule has 8 atom stereocenters. The third-order valence-corrected chi connectivity index (χ3v) is 15.1. The Morgan fingerprint density at radius 2 is 0.914 bits per heavy atom. The molecule has 58 heavy (non-hydrogen) atoms. The van der Waals surface area contributed by atoms with E-state index in [0.717, 1.165) is 91.3 Å². The van der Waals surface area contributed by atoms with Crippen LogP contribution in [-0.2, 0) is 10.8 Å². The van der Waals surface area contributed by atoms with Crippen molar-refractivity contribution in [1.82, 2.24) is 9.97 Å². The van der Waals surface area contributed by atoms with Gasteiger partial charge in [0.2, 0.25) is 0 Å². The van der Waals surface area contributed by atoms with Crippen LogP contribution in [0.2, 0.25) is 0 Å². The van der Waals surface area contributed by atoms with Gasteiger partial charge in [0.05, 0.1) is 23.0 Å². The van der Waals surface area contributed by atoms with Gasteiger partial charge in [0.15, 0.2) is 5.82 Å². The maximum atomic E-state index is 9.76. The number of nitriles is 1. The van der Waals surface area contributed by atoms with Gasteiger partial charge >= 0.3 is 0 Å². The third kappa shape index (κ3) is 6.77. The van der Waals surface area contributed by atoms with Gasteiger partial charge in [-0.3, -0.25) is 0 Å². The van der Waals surface area contributed by atoms with E-state index < -0.39 is 0 Å². The van der Waals surface area contributed by atoms with Gasteiger partial charge in [-0.15, -0.1) is 0 Å². The van der Waals surface area contributed by atoms with E-state index in [1.54, 1.807) is 0 Å². The summed E-state index contributed by atoms with van der Waals surface area (Å²) in [4.78, 5) is 10.6. The number of hydrogen-bond donors (Lipinski definition) is 0. The average Bonchev–Trinajstić information content (AvgIpc) is 3.22. The van der Waals surface area contributed by atoms with Gasteiger partial charge in [0.1, 0.15) is 0 Å². The number of benzene rings is 5. The highest BCUT2D eigenvalue weighted by Crippen LogP contribution is 2.55. The van der Waals surface area contributed by atoms with Crippen molar-refractivity contribution in [2.45, 2.75) is 103 Å². The van der Waals surface area contributed by atoms with Gasteiger partial charge < -0.3 is 0 Å². The van der Waals surface area contributed by atoms with E-state index in [-0.39, 0.29) is 0 Å². The summed E-state index contributed by atoms with van der Waals surface area (Å²) in [7, 11) is 0. The minimum absolute atomic E-state index is 0.294. The summed E-state index contributed by atoms with van der Waals surface area (Å²) in [5.74, 6) is 5.63. The lowest BCUT2D eigenvalue weighted by Crippen LogP contribution is -2.42. The Morgan fingerprint density at radius 1 is 0.483 bits per heavy atom. The summed E-state index contributed by atoms with van der Waals surface area (Å²) in [6.45, 7) is 9.89. The molecule has 292 valence electrons. The van der Waals surface area contributed by atoms with Crippen molar-refractivity contribution in [3.63, 3.8) is 0 Å². The predicted molar refractivity (Wildman–Crippen MR) is 239 cm³/mol. The van der Waals surface area contributed by atoms with Crippen LogP contribution < -0.4 is 0 Å². The molecule has 4 bridgehead atoms. The molecule has 0 spiro atoms. The van der Waals surface area contributed by atoms with Crippen LogP contribution in [0.25, 0.3) is 55.8 Å². The first kappa shape index (κ1) is 37.2. The molecule has 5 aromatic carbocycles. The van der Waals surface area contributed by atoms with Gasteiger partial charge in [0, 0.05) is 22.1 Å². The van der Waals surface area contributed by atoms with Gasteiger partial charge in [0.25, 0.3) is 0 Å². The molecule has 6 aromatic rings. The first-order valence-electron chi connectivity index (χ1n) is 22.3. The number of fused-ring (bicyclic) bond motifs is 5. The number of hydrogen-bond acceptors (Lipinski definition) is 3. The van der Waals surface area contributed by atoms with E-state index in [0.29, 0.717) is 16.4 Å². The van der Waals surface area contributed by atoms with E-state index in [2.05, 4.69) is 125 Å². The van der Waals surface area contributed by atoms with Crippen LogP contribution >= 0.6 is 0 Å². The zero-order valence-electron chi connectivity index (χ0n) is 34.8. The standard InChI is InChI=1S/C55H57N3/c1-35-23-39-24-36(2)29-54(28-35,32-39)46-18-13-43(14-19-46)52-27-51(42-11-9-41(10-12-42)49-22-17-45(34-56)48-7-5-6-8-50(48)49)57-53(58-52)44-15-20-47(21-16-44)55-30-37(3)25-40(33-55)26-38(4)31-55/h5-22,27,35-40H,23-26,28-33H2,1-4H3/t35-,36+,37-,38+,39-,40-,54?,55?. The van der Waals surface area contributed by atoms with Gasteiger partial charge in [-0.05, 0) is 150 Å². The molecule has 4 saturated carbocycles. The van der Waals surface area contributed by atoms with Crippen LogP contribution in [-0.4, -0.2) is 9.97 Å². The lowest BCUT2D eigenvalue weighted by molar-refractivity contribution is 0.0779. The van der Waals surface area contributed by atoms with Crippen LogP contribution in [0, 0.1) is 46.8 Å². The molecule has 0 amide bonds. The third-order valence-electron chi connectivity index (χ3n) is 15.1. The summed E-state index contributed by atoms with van der Waals surface area (Å²) in [5.41, 5.74) is 11.7. The normalized spacial score (nSPS) is 29.2.